The Bertz CT molecular complexity index is 374. The van der Waals surface area contributed by atoms with Crippen molar-refractivity contribution in [2.24, 2.45) is 0 Å². The minimum atomic E-state index is -0.543. The van der Waals surface area contributed by atoms with Gasteiger partial charge in [0.25, 0.3) is 5.56 Å². The highest BCUT2D eigenvalue weighted by Gasteiger charge is 2.09. The van der Waals surface area contributed by atoms with Crippen LogP contribution in [0.3, 0.4) is 0 Å². The Labute approximate surface area is 78.2 Å². The molecule has 5 nitrogen and oxygen atoms in total. The van der Waals surface area contributed by atoms with Gasteiger partial charge in [0.05, 0.1) is 6.61 Å². The number of ether oxygens (including phenoxy) is 1. The molecule has 0 fully saturated rings. The van der Waals surface area contributed by atoms with Crippen molar-refractivity contribution in [1.82, 2.24) is 4.98 Å². The molecule has 13 heavy (non-hydrogen) atoms. The van der Waals surface area contributed by atoms with E-state index in [0.29, 0.717) is 0 Å². The maximum absolute atomic E-state index is 11.1. The summed E-state index contributed by atoms with van der Waals surface area (Å²) in [5.41, 5.74) is 4.76. The van der Waals surface area contributed by atoms with E-state index in [1.165, 1.54) is 0 Å². The van der Waals surface area contributed by atoms with Gasteiger partial charge in [-0.3, -0.25) is 4.79 Å². The zero-order valence-electron chi connectivity index (χ0n) is 6.94. The van der Waals surface area contributed by atoms with Crippen LogP contribution in [0.4, 0.5) is 5.13 Å². The fourth-order valence-electron chi connectivity index (χ4n) is 0.721. The summed E-state index contributed by atoms with van der Waals surface area (Å²) in [6.07, 6.45) is 0. The highest BCUT2D eigenvalue weighted by atomic mass is 32.1. The van der Waals surface area contributed by atoms with Gasteiger partial charge in [-0.2, -0.15) is 4.98 Å². The van der Waals surface area contributed by atoms with Crippen molar-refractivity contribution in [3.63, 3.8) is 0 Å². The fourth-order valence-corrected chi connectivity index (χ4v) is 1.38. The number of esters is 1. The Morgan fingerprint density at radius 2 is 2.46 bits per heavy atom. The zero-order valence-corrected chi connectivity index (χ0v) is 7.76. The molecule has 0 unspecified atom stereocenters. The molecular weight excluding hydrogens is 192 g/mol. The van der Waals surface area contributed by atoms with Gasteiger partial charge >= 0.3 is 5.97 Å². The van der Waals surface area contributed by atoms with Gasteiger partial charge in [-0.05, 0) is 6.92 Å². The van der Waals surface area contributed by atoms with Gasteiger partial charge in [-0.1, -0.05) is 11.3 Å². The first-order valence-electron chi connectivity index (χ1n) is 3.58. The lowest BCUT2D eigenvalue weighted by atomic mass is 10.5. The van der Waals surface area contributed by atoms with Crippen LogP contribution in [0.5, 0.6) is 0 Å². The van der Waals surface area contributed by atoms with Gasteiger partial charge in [-0.15, -0.1) is 0 Å². The van der Waals surface area contributed by atoms with E-state index in [9.17, 15) is 9.59 Å². The topological polar surface area (TPSA) is 82.3 Å². The second-order valence-electron chi connectivity index (χ2n) is 2.12. The lowest BCUT2D eigenvalue weighted by Crippen LogP contribution is -2.11. The average molecular weight is 200 g/mol. The van der Waals surface area contributed by atoms with E-state index in [4.69, 9.17) is 5.73 Å². The minimum absolute atomic E-state index is 0.0653. The van der Waals surface area contributed by atoms with E-state index >= 15 is 0 Å². The van der Waals surface area contributed by atoms with E-state index in [-0.39, 0.29) is 16.6 Å². The minimum Gasteiger partial charge on any atom is -0.462 e. The Morgan fingerprint density at radius 3 is 3.00 bits per heavy atom. The van der Waals surface area contributed by atoms with Gasteiger partial charge in [0.15, 0.2) is 5.13 Å². The number of anilines is 1. The van der Waals surface area contributed by atoms with Gasteiger partial charge < -0.3 is 10.5 Å². The molecule has 0 bridgehead atoms. The molecule has 0 aliphatic rings. The molecule has 0 aliphatic heterocycles. The lowest BCUT2D eigenvalue weighted by molar-refractivity contribution is 0.0531. The van der Waals surface area contributed by atoms with E-state index < -0.39 is 11.5 Å². The monoisotopic (exact) mass is 200 g/mol. The first-order valence-corrected chi connectivity index (χ1v) is 4.40. The number of aromatic nitrogens is 1. The largest absolute Gasteiger partial charge is 0.462 e. The summed E-state index contributed by atoms with van der Waals surface area (Å²) in [4.78, 5) is 25.5. The quantitative estimate of drug-likeness (QED) is 0.692. The Balaban J connectivity index is 3.01. The number of nitrogen functional groups attached to an aromatic ring is 1. The number of hydrogen-bond acceptors (Lipinski definition) is 6. The fraction of sp³-hybridized carbons (Fsp3) is 0.286. The van der Waals surface area contributed by atoms with Gasteiger partial charge in [0.1, 0.15) is 4.88 Å². The molecule has 0 aromatic carbocycles. The van der Waals surface area contributed by atoms with Crippen LogP contribution in [-0.2, 0) is 4.74 Å². The first kappa shape index (κ1) is 9.66. The van der Waals surface area contributed by atoms with Gasteiger partial charge in [-0.25, -0.2) is 4.79 Å². The van der Waals surface area contributed by atoms with Gasteiger partial charge in [0.2, 0.25) is 0 Å². The molecule has 6 heteroatoms. The van der Waals surface area contributed by atoms with E-state index in [1.54, 1.807) is 6.92 Å². The molecule has 1 aromatic rings. The molecule has 1 heterocycles. The van der Waals surface area contributed by atoms with Crippen molar-refractivity contribution in [3.05, 3.63) is 21.3 Å². The van der Waals surface area contributed by atoms with E-state index in [0.717, 1.165) is 17.4 Å². The molecule has 0 radical (unpaired) electrons. The van der Waals surface area contributed by atoms with Crippen LogP contribution < -0.4 is 11.3 Å². The molecule has 2 N–H and O–H groups in total. The summed E-state index contributed by atoms with van der Waals surface area (Å²) < 4.78 is 4.69. The summed E-state index contributed by atoms with van der Waals surface area (Å²) in [6, 6.07) is 1.11. The third kappa shape index (κ3) is 2.51. The van der Waals surface area contributed by atoms with Crippen molar-refractivity contribution in [1.29, 1.82) is 0 Å². The Kier molecular flexibility index (Phi) is 2.97. The van der Waals surface area contributed by atoms with Crippen molar-refractivity contribution in [3.8, 4) is 0 Å². The number of carbonyl (C=O) groups is 1. The average Bonchev–Trinajstić information content (AvgIpc) is 2.03. The van der Waals surface area contributed by atoms with Crippen LogP contribution in [0, 0.1) is 0 Å². The molecule has 0 amide bonds. The maximum Gasteiger partial charge on any atom is 0.348 e. The van der Waals surface area contributed by atoms with Crippen molar-refractivity contribution in [2.75, 3.05) is 12.3 Å². The third-order valence-electron chi connectivity index (χ3n) is 1.17. The second kappa shape index (κ2) is 3.99. The predicted octanol–water partition coefficient (Wildman–Crippen LogP) is 0.262. The number of hydrogen-bond donors (Lipinski definition) is 1. The highest BCUT2D eigenvalue weighted by Crippen LogP contribution is 2.11. The molecule has 1 aromatic heterocycles. The SMILES string of the molecule is CCOC(=O)c1cc(=O)nc(N)s1. The number of nitrogens with zero attached hydrogens (tertiary/aromatic N) is 1. The summed E-state index contributed by atoms with van der Waals surface area (Å²) in [6.45, 7) is 1.95. The maximum atomic E-state index is 11.1. The van der Waals surface area contributed by atoms with Crippen molar-refractivity contribution >= 4 is 22.4 Å². The Morgan fingerprint density at radius 1 is 1.77 bits per heavy atom. The Hall–Kier alpha value is -1.43. The molecular formula is C7H8N2O3S. The first-order chi connectivity index (χ1) is 6.13. The van der Waals surface area contributed by atoms with E-state index in [1.807, 2.05) is 0 Å². The molecule has 1 rings (SSSR count). The van der Waals surface area contributed by atoms with E-state index in [2.05, 4.69) is 9.72 Å². The smallest absolute Gasteiger partial charge is 0.348 e. The van der Waals surface area contributed by atoms with Crippen molar-refractivity contribution in [2.45, 2.75) is 6.92 Å². The van der Waals surface area contributed by atoms with Crippen LogP contribution in [0.2, 0.25) is 0 Å². The number of carbonyl (C=O) groups excluding carboxylic acids is 1. The van der Waals surface area contributed by atoms with Crippen LogP contribution >= 0.6 is 11.3 Å². The van der Waals surface area contributed by atoms with Crippen LogP contribution in [0.1, 0.15) is 16.6 Å². The zero-order chi connectivity index (χ0) is 9.84. The summed E-state index contributed by atoms with van der Waals surface area (Å²) in [5.74, 6) is -0.543. The van der Waals surface area contributed by atoms with Crippen LogP contribution in [-0.4, -0.2) is 17.6 Å². The third-order valence-corrected chi connectivity index (χ3v) is 1.97. The molecule has 0 saturated heterocycles. The highest BCUT2D eigenvalue weighted by molar-refractivity contribution is 7.16. The van der Waals surface area contributed by atoms with Crippen LogP contribution in [0.25, 0.3) is 0 Å². The summed E-state index contributed by atoms with van der Waals surface area (Å²) in [5, 5.41) is 0.0653. The molecule has 0 spiro atoms. The predicted molar refractivity (Wildman–Crippen MR) is 48.8 cm³/mol. The molecule has 0 atom stereocenters. The standard InChI is InChI=1S/C7H8N2O3S/c1-2-12-6(11)4-3-5(10)9-7(8)13-4/h3H,2H2,1H3,(H2,8,9,10). The molecule has 0 saturated carbocycles. The second-order valence-corrected chi connectivity index (χ2v) is 3.18. The molecule has 0 aliphatic carbocycles. The molecule has 70 valence electrons. The van der Waals surface area contributed by atoms with Crippen LogP contribution in [0.15, 0.2) is 10.9 Å². The summed E-state index contributed by atoms with van der Waals surface area (Å²) in [7, 11) is 0. The normalized spacial score (nSPS) is 9.62. The van der Waals surface area contributed by atoms with Crippen molar-refractivity contribution < 1.29 is 9.53 Å². The lowest BCUT2D eigenvalue weighted by Gasteiger charge is -1.99. The summed E-state index contributed by atoms with van der Waals surface area (Å²) >= 11 is 0.932. The van der Waals surface area contributed by atoms with Gasteiger partial charge in [0, 0.05) is 6.07 Å². The number of nitrogens with two attached hydrogens (primary N) is 1. The number of rotatable bonds is 2.